The molecule has 0 bridgehead atoms. The molecule has 0 saturated carbocycles. The summed E-state index contributed by atoms with van der Waals surface area (Å²) in [7, 11) is -2.18. The van der Waals surface area contributed by atoms with Crippen LogP contribution in [0.2, 0.25) is 0 Å². The van der Waals surface area contributed by atoms with Crippen LogP contribution in [0.1, 0.15) is 18.5 Å². The highest BCUT2D eigenvalue weighted by Crippen LogP contribution is 2.27. The second kappa shape index (κ2) is 9.21. The predicted molar refractivity (Wildman–Crippen MR) is 114 cm³/mol. The lowest BCUT2D eigenvalue weighted by Crippen LogP contribution is -2.42. The van der Waals surface area contributed by atoms with Crippen LogP contribution in [-0.2, 0) is 26.2 Å². The van der Waals surface area contributed by atoms with Crippen LogP contribution < -0.4 is 4.74 Å². The molecule has 1 saturated heterocycles. The largest absolute Gasteiger partial charge is 0.497 e. The van der Waals surface area contributed by atoms with Gasteiger partial charge in [0.25, 0.3) is 0 Å². The van der Waals surface area contributed by atoms with Crippen LogP contribution >= 0.6 is 11.3 Å². The van der Waals surface area contributed by atoms with Gasteiger partial charge in [-0.3, -0.25) is 4.79 Å². The first kappa shape index (κ1) is 21.5. The smallest absolute Gasteiger partial charge is 0.310 e. The van der Waals surface area contributed by atoms with E-state index >= 15 is 0 Å². The number of thiophene rings is 1. The summed E-state index contributed by atoms with van der Waals surface area (Å²) in [4.78, 5) is 13.7. The maximum absolute atomic E-state index is 13.0. The highest BCUT2D eigenvalue weighted by molar-refractivity contribution is 7.89. The number of carbonyl (C=O) groups is 1. The Bertz CT molecular complexity index is 1120. The van der Waals surface area contributed by atoms with Crippen molar-refractivity contribution in [1.29, 1.82) is 0 Å². The Labute approximate surface area is 184 Å². The normalized spacial score (nSPS) is 17.4. The van der Waals surface area contributed by atoms with E-state index in [2.05, 4.69) is 5.16 Å². The van der Waals surface area contributed by atoms with Gasteiger partial charge in [0, 0.05) is 19.2 Å². The van der Waals surface area contributed by atoms with Gasteiger partial charge in [-0.15, -0.1) is 11.3 Å². The Kier molecular flexibility index (Phi) is 6.40. The number of aromatic nitrogens is 1. The van der Waals surface area contributed by atoms with Crippen LogP contribution in [0.25, 0.3) is 10.6 Å². The maximum Gasteiger partial charge on any atom is 0.310 e. The van der Waals surface area contributed by atoms with Crippen molar-refractivity contribution in [1.82, 2.24) is 9.46 Å². The lowest BCUT2D eigenvalue weighted by atomic mass is 10.00. The molecule has 3 heterocycles. The molecule has 0 spiro atoms. The molecule has 1 fully saturated rings. The first-order valence-corrected chi connectivity index (χ1v) is 12.1. The maximum atomic E-state index is 13.0. The average molecular weight is 463 g/mol. The molecule has 10 heteroatoms. The molecule has 1 aliphatic heterocycles. The molecular weight excluding hydrogens is 440 g/mol. The molecule has 1 aromatic carbocycles. The minimum absolute atomic E-state index is 0.0184. The molecule has 2 aromatic heterocycles. The van der Waals surface area contributed by atoms with Crippen LogP contribution in [0, 0.1) is 5.92 Å². The third-order valence-electron chi connectivity index (χ3n) is 5.10. The Morgan fingerprint density at radius 2 is 2.10 bits per heavy atom. The summed E-state index contributed by atoms with van der Waals surface area (Å²) in [6.07, 6.45) is 1.16. The van der Waals surface area contributed by atoms with Gasteiger partial charge in [0.2, 0.25) is 10.0 Å². The lowest BCUT2D eigenvalue weighted by molar-refractivity contribution is -0.151. The Morgan fingerprint density at radius 1 is 1.29 bits per heavy atom. The number of benzene rings is 1. The van der Waals surface area contributed by atoms with E-state index in [4.69, 9.17) is 14.0 Å². The van der Waals surface area contributed by atoms with Gasteiger partial charge in [-0.05, 0) is 48.6 Å². The number of methoxy groups -OCH3 is 1. The van der Waals surface area contributed by atoms with E-state index in [1.165, 1.54) is 34.9 Å². The van der Waals surface area contributed by atoms with Crippen LogP contribution in [0.15, 0.2) is 57.3 Å². The Balaban J connectivity index is 1.37. The molecule has 0 amide bonds. The summed E-state index contributed by atoms with van der Waals surface area (Å²) >= 11 is 1.53. The van der Waals surface area contributed by atoms with Crippen LogP contribution in [0.5, 0.6) is 5.75 Å². The van der Waals surface area contributed by atoms with Gasteiger partial charge in [0.15, 0.2) is 5.76 Å². The molecule has 164 valence electrons. The van der Waals surface area contributed by atoms with E-state index in [1.54, 1.807) is 18.2 Å². The standard InChI is InChI=1S/C21H22N2O6S2/c1-27-17-6-8-18(9-7-17)31(25,26)23-10-2-4-15(13-23)21(24)28-14-16-12-19(29-22-16)20-5-3-11-30-20/h3,5-9,11-12,15H,2,4,10,13-14H2,1H3. The summed E-state index contributed by atoms with van der Waals surface area (Å²) in [6.45, 7) is 0.438. The van der Waals surface area contributed by atoms with Crippen LogP contribution in [0.4, 0.5) is 0 Å². The van der Waals surface area contributed by atoms with Crippen LogP contribution in [0.3, 0.4) is 0 Å². The molecule has 4 rings (SSSR count). The van der Waals surface area contributed by atoms with E-state index in [-0.39, 0.29) is 18.0 Å². The lowest BCUT2D eigenvalue weighted by Gasteiger charge is -2.30. The molecule has 8 nitrogen and oxygen atoms in total. The van der Waals surface area contributed by atoms with Crippen molar-refractivity contribution in [2.45, 2.75) is 24.3 Å². The second-order valence-electron chi connectivity index (χ2n) is 7.15. The highest BCUT2D eigenvalue weighted by Gasteiger charge is 2.34. The first-order chi connectivity index (χ1) is 15.0. The fourth-order valence-corrected chi connectivity index (χ4v) is 5.62. The Hall–Kier alpha value is -2.69. The number of ether oxygens (including phenoxy) is 2. The number of hydrogen-bond donors (Lipinski definition) is 0. The fraction of sp³-hybridized carbons (Fsp3) is 0.333. The summed E-state index contributed by atoms with van der Waals surface area (Å²) in [5.74, 6) is 0.241. The molecule has 1 atom stereocenters. The molecule has 0 N–H and O–H groups in total. The van der Waals surface area contributed by atoms with Crippen molar-refractivity contribution in [3.05, 3.63) is 53.5 Å². The summed E-state index contributed by atoms with van der Waals surface area (Å²) < 4.78 is 43.0. The number of piperidine rings is 1. The van der Waals surface area contributed by atoms with Crippen LogP contribution in [-0.4, -0.2) is 44.0 Å². The van der Waals surface area contributed by atoms with Crippen molar-refractivity contribution >= 4 is 27.3 Å². The molecule has 1 aliphatic rings. The first-order valence-electron chi connectivity index (χ1n) is 9.77. The van der Waals surface area contributed by atoms with Gasteiger partial charge in [0.05, 0.1) is 22.8 Å². The number of esters is 1. The van der Waals surface area contributed by atoms with Crippen molar-refractivity contribution in [3.63, 3.8) is 0 Å². The molecule has 1 unspecified atom stereocenters. The summed E-state index contributed by atoms with van der Waals surface area (Å²) in [6, 6.07) is 11.8. The van der Waals surface area contributed by atoms with E-state index in [9.17, 15) is 13.2 Å². The molecule has 0 aliphatic carbocycles. The van der Waals surface area contributed by atoms with Gasteiger partial charge < -0.3 is 14.0 Å². The van der Waals surface area contributed by atoms with Gasteiger partial charge in [-0.1, -0.05) is 11.2 Å². The number of nitrogens with zero attached hydrogens (tertiary/aromatic N) is 2. The number of sulfonamides is 1. The summed E-state index contributed by atoms with van der Waals surface area (Å²) in [5, 5.41) is 5.87. The Morgan fingerprint density at radius 3 is 2.81 bits per heavy atom. The number of carbonyl (C=O) groups excluding carboxylic acids is 1. The quantitative estimate of drug-likeness (QED) is 0.495. The SMILES string of the molecule is COc1ccc(S(=O)(=O)N2CCCC(C(=O)OCc3cc(-c4cccs4)on3)C2)cc1. The second-order valence-corrected chi connectivity index (χ2v) is 10.0. The third kappa shape index (κ3) is 4.81. The van der Waals surface area contributed by atoms with Crippen molar-refractivity contribution in [2.75, 3.05) is 20.2 Å². The molecule has 3 aromatic rings. The molecular formula is C21H22N2O6S2. The number of rotatable bonds is 7. The topological polar surface area (TPSA) is 98.9 Å². The van der Waals surface area contributed by atoms with Crippen molar-refractivity contribution < 1.29 is 27.2 Å². The minimum Gasteiger partial charge on any atom is -0.497 e. The monoisotopic (exact) mass is 462 g/mol. The van der Waals surface area contributed by atoms with E-state index in [0.717, 1.165) is 4.88 Å². The molecule has 0 radical (unpaired) electrons. The van der Waals surface area contributed by atoms with E-state index in [1.807, 2.05) is 17.5 Å². The predicted octanol–water partition coefficient (Wildman–Crippen LogP) is 3.56. The zero-order valence-corrected chi connectivity index (χ0v) is 18.5. The van der Waals surface area contributed by atoms with Gasteiger partial charge >= 0.3 is 5.97 Å². The third-order valence-corrected chi connectivity index (χ3v) is 7.86. The van der Waals surface area contributed by atoms with E-state index in [0.29, 0.717) is 36.6 Å². The minimum atomic E-state index is -3.70. The highest BCUT2D eigenvalue weighted by atomic mass is 32.2. The van der Waals surface area contributed by atoms with E-state index < -0.39 is 21.9 Å². The fourth-order valence-electron chi connectivity index (χ4n) is 3.43. The van der Waals surface area contributed by atoms with Gasteiger partial charge in [-0.2, -0.15) is 4.31 Å². The zero-order valence-electron chi connectivity index (χ0n) is 16.9. The van der Waals surface area contributed by atoms with Crippen molar-refractivity contribution in [3.8, 4) is 16.4 Å². The molecule has 31 heavy (non-hydrogen) atoms. The zero-order chi connectivity index (χ0) is 21.8. The van der Waals surface area contributed by atoms with Crippen molar-refractivity contribution in [2.24, 2.45) is 5.92 Å². The average Bonchev–Trinajstić information content (AvgIpc) is 3.49. The number of hydrogen-bond acceptors (Lipinski definition) is 8. The summed E-state index contributed by atoms with van der Waals surface area (Å²) in [5.41, 5.74) is 0.510. The van der Waals surface area contributed by atoms with Gasteiger partial charge in [0.1, 0.15) is 18.1 Å². The van der Waals surface area contributed by atoms with Gasteiger partial charge in [-0.25, -0.2) is 8.42 Å².